The fourth-order valence-corrected chi connectivity index (χ4v) is 5.38. The van der Waals surface area contributed by atoms with Gasteiger partial charge in [0.1, 0.15) is 5.82 Å². The summed E-state index contributed by atoms with van der Waals surface area (Å²) in [6, 6.07) is 22.3. The van der Waals surface area contributed by atoms with E-state index in [1.165, 1.54) is 12.1 Å². The summed E-state index contributed by atoms with van der Waals surface area (Å²) in [5.74, 6) is -2.05. The number of benzene rings is 3. The third kappa shape index (κ3) is 7.75. The number of carbonyl (C=O) groups is 2. The molecule has 0 bridgehead atoms. The quantitative estimate of drug-likeness (QED) is 0.134. The second-order valence-corrected chi connectivity index (χ2v) is 10.9. The van der Waals surface area contributed by atoms with Gasteiger partial charge in [0.2, 0.25) is 0 Å². The number of nitrogens with zero attached hydrogens (tertiary/aromatic N) is 1. The number of aliphatic hydroxyl groups excluding tert-OH is 3. The number of amides is 1. The van der Waals surface area contributed by atoms with E-state index in [2.05, 4.69) is 5.32 Å². The van der Waals surface area contributed by atoms with E-state index in [1.807, 2.05) is 48.7 Å². The molecule has 1 aromatic heterocycles. The van der Waals surface area contributed by atoms with Crippen LogP contribution in [0, 0.1) is 5.82 Å². The number of carboxylic acid groups (broad SMARTS) is 1. The van der Waals surface area contributed by atoms with Crippen molar-refractivity contribution in [3.63, 3.8) is 0 Å². The third-order valence-electron chi connectivity index (χ3n) is 7.29. The molecule has 0 fully saturated rings. The van der Waals surface area contributed by atoms with Crippen LogP contribution in [0.4, 0.5) is 10.1 Å². The molecule has 8 nitrogen and oxygen atoms in total. The van der Waals surface area contributed by atoms with Crippen molar-refractivity contribution in [2.24, 2.45) is 0 Å². The zero-order valence-electron chi connectivity index (χ0n) is 24.2. The highest BCUT2D eigenvalue weighted by Crippen LogP contribution is 2.42. The van der Waals surface area contributed by atoms with Gasteiger partial charge in [0.25, 0.3) is 5.91 Å². The zero-order valence-corrected chi connectivity index (χ0v) is 24.2. The second-order valence-electron chi connectivity index (χ2n) is 10.9. The Hall–Kier alpha value is -4.31. The molecular formula is C34H37FN2O6. The molecule has 0 saturated heterocycles. The standard InChI is InChI=1S/C34H37FN2O6/c1-21(2)32-31(34(43)36-26-14-8-22(20-38)9-15-26)30(23-6-4-3-5-7-23)33(24-10-12-25(35)13-11-24)37(32)17-16-27(39)18-28(40)19-29(41)42/h3-15,21,27-28,38-40H,16-20H2,1-2H3,(H,36,43)(H,41,42)/t27?,28-/m1/s1. The molecule has 0 spiro atoms. The molecule has 226 valence electrons. The normalized spacial score (nSPS) is 12.7. The molecular weight excluding hydrogens is 551 g/mol. The number of halogens is 1. The molecule has 0 aliphatic heterocycles. The Morgan fingerprint density at radius 3 is 2.12 bits per heavy atom. The van der Waals surface area contributed by atoms with E-state index >= 15 is 0 Å². The van der Waals surface area contributed by atoms with Gasteiger partial charge in [-0.2, -0.15) is 0 Å². The first-order valence-electron chi connectivity index (χ1n) is 14.3. The Bertz CT molecular complexity index is 1530. The van der Waals surface area contributed by atoms with Crippen LogP contribution in [0.25, 0.3) is 22.4 Å². The molecule has 1 heterocycles. The number of aliphatic carboxylic acids is 1. The first kappa shape index (κ1) is 31.6. The largest absolute Gasteiger partial charge is 0.481 e. The monoisotopic (exact) mass is 588 g/mol. The summed E-state index contributed by atoms with van der Waals surface area (Å²) in [5.41, 5.74) is 5.19. The summed E-state index contributed by atoms with van der Waals surface area (Å²) < 4.78 is 16.0. The van der Waals surface area contributed by atoms with Gasteiger partial charge in [0, 0.05) is 23.5 Å². The van der Waals surface area contributed by atoms with Crippen molar-refractivity contribution in [2.45, 2.75) is 64.4 Å². The van der Waals surface area contributed by atoms with Crippen molar-refractivity contribution in [3.8, 4) is 22.4 Å². The van der Waals surface area contributed by atoms with Gasteiger partial charge in [0.15, 0.2) is 0 Å². The molecule has 0 aliphatic rings. The van der Waals surface area contributed by atoms with Gasteiger partial charge in [-0.25, -0.2) is 4.39 Å². The lowest BCUT2D eigenvalue weighted by atomic mass is 9.94. The number of aromatic nitrogens is 1. The van der Waals surface area contributed by atoms with Crippen molar-refractivity contribution in [1.29, 1.82) is 0 Å². The fourth-order valence-electron chi connectivity index (χ4n) is 5.38. The van der Waals surface area contributed by atoms with Crippen LogP contribution in [-0.4, -0.2) is 49.1 Å². The molecule has 5 N–H and O–H groups in total. The molecule has 3 aromatic carbocycles. The van der Waals surface area contributed by atoms with Crippen molar-refractivity contribution in [1.82, 2.24) is 4.57 Å². The van der Waals surface area contributed by atoms with E-state index < -0.39 is 30.4 Å². The minimum atomic E-state index is -1.20. The van der Waals surface area contributed by atoms with Gasteiger partial charge in [0.05, 0.1) is 36.5 Å². The van der Waals surface area contributed by atoms with Gasteiger partial charge in [-0.3, -0.25) is 9.59 Å². The van der Waals surface area contributed by atoms with Crippen molar-refractivity contribution < 1.29 is 34.4 Å². The van der Waals surface area contributed by atoms with Crippen LogP contribution in [-0.2, 0) is 17.9 Å². The summed E-state index contributed by atoms with van der Waals surface area (Å²) in [6.45, 7) is 4.07. The lowest BCUT2D eigenvalue weighted by Crippen LogP contribution is -2.22. The van der Waals surface area contributed by atoms with E-state index in [1.54, 1.807) is 36.4 Å². The lowest BCUT2D eigenvalue weighted by Gasteiger charge is -2.20. The minimum Gasteiger partial charge on any atom is -0.481 e. The van der Waals surface area contributed by atoms with E-state index in [0.29, 0.717) is 39.3 Å². The summed E-state index contributed by atoms with van der Waals surface area (Å²) in [4.78, 5) is 25.1. The Morgan fingerprint density at radius 1 is 0.884 bits per heavy atom. The fraction of sp³-hybridized carbons (Fsp3) is 0.294. The zero-order chi connectivity index (χ0) is 31.1. The number of rotatable bonds is 13. The van der Waals surface area contributed by atoms with Crippen LogP contribution < -0.4 is 5.32 Å². The maximum atomic E-state index is 14.2. The number of anilines is 1. The predicted molar refractivity (Wildman–Crippen MR) is 163 cm³/mol. The summed E-state index contributed by atoms with van der Waals surface area (Å²) >= 11 is 0. The Balaban J connectivity index is 1.88. The van der Waals surface area contributed by atoms with Crippen molar-refractivity contribution in [2.75, 3.05) is 5.32 Å². The minimum absolute atomic E-state index is 0.112. The van der Waals surface area contributed by atoms with Crippen molar-refractivity contribution >= 4 is 17.6 Å². The summed E-state index contributed by atoms with van der Waals surface area (Å²) in [7, 11) is 0. The topological polar surface area (TPSA) is 132 Å². The lowest BCUT2D eigenvalue weighted by molar-refractivity contribution is -0.139. The molecule has 4 rings (SSSR count). The SMILES string of the molecule is CC(C)c1c(C(=O)Nc2ccc(CO)cc2)c(-c2ccccc2)c(-c2ccc(F)cc2)n1CCC(O)C[C@@H](O)CC(=O)O. The molecule has 0 aliphatic carbocycles. The van der Waals surface area contributed by atoms with Gasteiger partial charge in [-0.15, -0.1) is 0 Å². The molecule has 1 unspecified atom stereocenters. The van der Waals surface area contributed by atoms with Crippen LogP contribution in [0.3, 0.4) is 0 Å². The highest BCUT2D eigenvalue weighted by Gasteiger charge is 2.31. The molecule has 0 radical (unpaired) electrons. The van der Waals surface area contributed by atoms with Crippen LogP contribution in [0.5, 0.6) is 0 Å². The molecule has 1 amide bonds. The maximum absolute atomic E-state index is 14.2. The number of carboxylic acids is 1. The van der Waals surface area contributed by atoms with Crippen LogP contribution >= 0.6 is 0 Å². The van der Waals surface area contributed by atoms with Crippen LogP contribution in [0.1, 0.15) is 60.6 Å². The Morgan fingerprint density at radius 2 is 1.53 bits per heavy atom. The molecule has 43 heavy (non-hydrogen) atoms. The van der Waals surface area contributed by atoms with E-state index in [9.17, 15) is 29.3 Å². The van der Waals surface area contributed by atoms with E-state index in [0.717, 1.165) is 5.56 Å². The molecule has 0 saturated carbocycles. The molecule has 9 heteroatoms. The van der Waals surface area contributed by atoms with Crippen LogP contribution in [0.15, 0.2) is 78.9 Å². The van der Waals surface area contributed by atoms with Crippen molar-refractivity contribution in [3.05, 3.63) is 102 Å². The van der Waals surface area contributed by atoms with Gasteiger partial charge in [-0.05, 0) is 71.8 Å². The first-order chi connectivity index (χ1) is 20.6. The predicted octanol–water partition coefficient (Wildman–Crippen LogP) is 5.81. The van der Waals surface area contributed by atoms with Crippen LogP contribution in [0.2, 0.25) is 0 Å². The third-order valence-corrected chi connectivity index (χ3v) is 7.29. The van der Waals surface area contributed by atoms with E-state index in [-0.39, 0.29) is 37.8 Å². The highest BCUT2D eigenvalue weighted by molar-refractivity contribution is 6.12. The average Bonchev–Trinajstić information content (AvgIpc) is 3.32. The smallest absolute Gasteiger partial charge is 0.305 e. The summed E-state index contributed by atoms with van der Waals surface area (Å²) in [6.07, 6.45) is -2.60. The second kappa shape index (κ2) is 14.2. The molecule has 2 atom stereocenters. The number of hydrogen-bond acceptors (Lipinski definition) is 5. The number of carbonyl (C=O) groups excluding carboxylic acids is 1. The molecule has 4 aromatic rings. The maximum Gasteiger partial charge on any atom is 0.305 e. The summed E-state index contributed by atoms with van der Waals surface area (Å²) in [5, 5.41) is 42.2. The van der Waals surface area contributed by atoms with Gasteiger partial charge in [-0.1, -0.05) is 56.3 Å². The number of nitrogens with one attached hydrogen (secondary N) is 1. The van der Waals surface area contributed by atoms with E-state index in [4.69, 9.17) is 5.11 Å². The average molecular weight is 589 g/mol. The van der Waals surface area contributed by atoms with Gasteiger partial charge >= 0.3 is 5.97 Å². The Labute approximate surface area is 250 Å². The van der Waals surface area contributed by atoms with Gasteiger partial charge < -0.3 is 30.3 Å². The Kier molecular flexibility index (Phi) is 10.5. The highest BCUT2D eigenvalue weighted by atomic mass is 19.1. The number of hydrogen-bond donors (Lipinski definition) is 5. The first-order valence-corrected chi connectivity index (χ1v) is 14.3. The number of aliphatic hydroxyl groups is 3.